The number of hydrogen-bond donors (Lipinski definition) is 4. The van der Waals surface area contributed by atoms with E-state index in [2.05, 4.69) is 22.6 Å². The molecule has 0 unspecified atom stereocenters. The minimum Gasteiger partial charge on any atom is -0.490 e. The summed E-state index contributed by atoms with van der Waals surface area (Å²) in [6, 6.07) is 3.86. The maximum Gasteiger partial charge on any atom is 0.309 e. The van der Waals surface area contributed by atoms with Crippen molar-refractivity contribution >= 4 is 34.6 Å². The van der Waals surface area contributed by atoms with Gasteiger partial charge >= 0.3 is 5.97 Å². The molecule has 0 saturated heterocycles. The second-order valence-electron chi connectivity index (χ2n) is 11.8. The van der Waals surface area contributed by atoms with Gasteiger partial charge in [-0.3, -0.25) is 9.59 Å². The van der Waals surface area contributed by atoms with Crippen molar-refractivity contribution in [3.8, 4) is 5.75 Å². The molecule has 6 rings (SSSR count). The molecule has 2 aliphatic rings. The van der Waals surface area contributed by atoms with Gasteiger partial charge in [0.1, 0.15) is 16.9 Å². The number of hydrogen-bond acceptors (Lipinski definition) is 8. The Hall–Kier alpha value is -4.29. The van der Waals surface area contributed by atoms with E-state index in [0.29, 0.717) is 59.5 Å². The Balaban J connectivity index is 1.16. The SMILES string of the molecule is CCOc1c(Cl)ccn2cnc(CNC(=O)/C(N)=C/N(N)Cc3cn4cc(C5CC5)cc(CC5(C(=O)O)CCCC5)c4n3)c12. The molecule has 13 heteroatoms. The van der Waals surface area contributed by atoms with Crippen LogP contribution >= 0.6 is 11.6 Å². The Labute approximate surface area is 259 Å². The Morgan fingerprint density at radius 2 is 2.05 bits per heavy atom. The highest BCUT2D eigenvalue weighted by Gasteiger charge is 2.42. The zero-order chi connectivity index (χ0) is 31.0. The molecular formula is C31H37ClN8O4. The van der Waals surface area contributed by atoms with Gasteiger partial charge in [-0.1, -0.05) is 30.5 Å². The summed E-state index contributed by atoms with van der Waals surface area (Å²) in [5.74, 6) is 6.00. The molecule has 4 aromatic rings. The van der Waals surface area contributed by atoms with E-state index in [0.717, 1.165) is 36.9 Å². The first-order chi connectivity index (χ1) is 21.2. The van der Waals surface area contributed by atoms with Crippen molar-refractivity contribution in [2.24, 2.45) is 17.0 Å². The van der Waals surface area contributed by atoms with Gasteiger partial charge in [0.2, 0.25) is 0 Å². The van der Waals surface area contributed by atoms with E-state index in [9.17, 15) is 14.7 Å². The maximum absolute atomic E-state index is 12.8. The molecule has 232 valence electrons. The third-order valence-electron chi connectivity index (χ3n) is 8.59. The number of carbonyl (C=O) groups excluding carboxylic acids is 1. The molecule has 12 nitrogen and oxygen atoms in total. The number of pyridine rings is 2. The number of aromatic nitrogens is 4. The first-order valence-corrected chi connectivity index (χ1v) is 15.3. The van der Waals surface area contributed by atoms with Gasteiger partial charge in [0.25, 0.3) is 5.91 Å². The van der Waals surface area contributed by atoms with E-state index in [1.165, 1.54) is 16.8 Å². The fourth-order valence-corrected chi connectivity index (χ4v) is 6.42. The fraction of sp³-hybridized carbons (Fsp3) is 0.419. The number of nitrogens with two attached hydrogens (primary N) is 2. The summed E-state index contributed by atoms with van der Waals surface area (Å²) < 4.78 is 9.47. The third-order valence-corrected chi connectivity index (χ3v) is 8.89. The molecule has 0 aromatic carbocycles. The number of aliphatic carboxylic acids is 1. The molecule has 4 aromatic heterocycles. The molecule has 0 radical (unpaired) electrons. The lowest BCUT2D eigenvalue weighted by Gasteiger charge is -2.24. The highest BCUT2D eigenvalue weighted by atomic mass is 35.5. The Morgan fingerprint density at radius 3 is 2.75 bits per heavy atom. The average Bonchev–Trinajstić information content (AvgIpc) is 3.37. The zero-order valence-corrected chi connectivity index (χ0v) is 25.4. The summed E-state index contributed by atoms with van der Waals surface area (Å²) >= 11 is 6.33. The van der Waals surface area contributed by atoms with Crippen LogP contribution in [-0.2, 0) is 29.1 Å². The van der Waals surface area contributed by atoms with Crippen LogP contribution in [0.1, 0.15) is 73.9 Å². The Morgan fingerprint density at radius 1 is 1.27 bits per heavy atom. The third kappa shape index (κ3) is 5.91. The molecule has 2 fully saturated rings. The van der Waals surface area contributed by atoms with E-state index in [4.69, 9.17) is 32.9 Å². The van der Waals surface area contributed by atoms with Crippen LogP contribution in [0.15, 0.2) is 48.9 Å². The molecule has 6 N–H and O–H groups in total. The number of carboxylic acids is 1. The number of halogens is 1. The van der Waals surface area contributed by atoms with E-state index in [1.54, 1.807) is 23.0 Å². The lowest BCUT2D eigenvalue weighted by atomic mass is 9.80. The normalized spacial score (nSPS) is 16.5. The molecule has 0 spiro atoms. The average molecular weight is 621 g/mol. The minimum atomic E-state index is -0.751. The van der Waals surface area contributed by atoms with Gasteiger partial charge in [-0.2, -0.15) is 0 Å². The summed E-state index contributed by atoms with van der Waals surface area (Å²) in [5.41, 5.74) is 10.1. The molecule has 0 bridgehead atoms. The van der Waals surface area contributed by atoms with Crippen LogP contribution in [0.5, 0.6) is 5.75 Å². The fourth-order valence-electron chi connectivity index (χ4n) is 6.22. The monoisotopic (exact) mass is 620 g/mol. The smallest absolute Gasteiger partial charge is 0.309 e. The summed E-state index contributed by atoms with van der Waals surface area (Å²) in [6.45, 7) is 2.59. The van der Waals surface area contributed by atoms with Gasteiger partial charge in [0.05, 0.1) is 47.8 Å². The standard InChI is InChI=1S/C31H37ClN8O4/c1-2-44-27-23(32)7-10-38-18-36-25(26(27)38)13-35-29(41)24(33)17-40(34)16-22-15-39-14-21(19-5-6-19)11-20(28(39)37-22)12-31(30(42)43)8-3-4-9-31/h7,10-11,14-15,17-19H,2-6,8-9,12-13,16,33-34H2,1H3,(H,35,41)(H,42,43)/b24-17-. The van der Waals surface area contributed by atoms with Crippen LogP contribution in [0.2, 0.25) is 5.02 Å². The van der Waals surface area contributed by atoms with E-state index in [-0.39, 0.29) is 18.8 Å². The second kappa shape index (κ2) is 12.0. The molecule has 2 saturated carbocycles. The molecule has 4 heterocycles. The van der Waals surface area contributed by atoms with Crippen molar-refractivity contribution in [1.29, 1.82) is 0 Å². The van der Waals surface area contributed by atoms with Crippen LogP contribution in [-0.4, -0.2) is 47.4 Å². The zero-order valence-electron chi connectivity index (χ0n) is 24.6. The van der Waals surface area contributed by atoms with Crippen molar-refractivity contribution < 1.29 is 19.4 Å². The number of fused-ring (bicyclic) bond motifs is 2. The Bertz CT molecular complexity index is 1750. The topological polar surface area (TPSA) is 166 Å². The quantitative estimate of drug-likeness (QED) is 0.104. The van der Waals surface area contributed by atoms with Crippen LogP contribution in [0, 0.1) is 5.41 Å². The number of imidazole rings is 2. The van der Waals surface area contributed by atoms with Crippen LogP contribution in [0.4, 0.5) is 0 Å². The largest absolute Gasteiger partial charge is 0.490 e. The number of hydrazine groups is 1. The predicted octanol–water partition coefficient (Wildman–Crippen LogP) is 3.89. The molecule has 0 atom stereocenters. The second-order valence-corrected chi connectivity index (χ2v) is 12.2. The van der Waals surface area contributed by atoms with Crippen molar-refractivity contribution in [1.82, 2.24) is 29.1 Å². The molecule has 1 amide bonds. The van der Waals surface area contributed by atoms with Gasteiger partial charge in [-0.05, 0) is 62.1 Å². The highest BCUT2D eigenvalue weighted by molar-refractivity contribution is 6.32. The van der Waals surface area contributed by atoms with Gasteiger partial charge in [0, 0.05) is 24.8 Å². The summed E-state index contributed by atoms with van der Waals surface area (Å²) in [7, 11) is 0. The number of nitrogens with one attached hydrogen (secondary N) is 1. The number of amides is 1. The van der Waals surface area contributed by atoms with Crippen LogP contribution in [0.3, 0.4) is 0 Å². The van der Waals surface area contributed by atoms with Crippen molar-refractivity contribution in [3.63, 3.8) is 0 Å². The first kappa shape index (κ1) is 29.8. The van der Waals surface area contributed by atoms with Crippen molar-refractivity contribution in [2.75, 3.05) is 6.61 Å². The van der Waals surface area contributed by atoms with Gasteiger partial charge in [-0.25, -0.2) is 15.8 Å². The first-order valence-electron chi connectivity index (χ1n) is 14.9. The van der Waals surface area contributed by atoms with Gasteiger partial charge in [-0.15, -0.1) is 0 Å². The van der Waals surface area contributed by atoms with Gasteiger partial charge in [0.15, 0.2) is 5.75 Å². The number of carbonyl (C=O) groups is 2. The van der Waals surface area contributed by atoms with E-state index in [1.807, 2.05) is 17.5 Å². The van der Waals surface area contributed by atoms with Crippen molar-refractivity contribution in [3.05, 3.63) is 76.5 Å². The number of ether oxygens (including phenoxy) is 1. The molecule has 0 aliphatic heterocycles. The lowest BCUT2D eigenvalue weighted by molar-refractivity contribution is -0.148. The molecule has 2 aliphatic carbocycles. The van der Waals surface area contributed by atoms with Gasteiger partial charge < -0.3 is 34.7 Å². The van der Waals surface area contributed by atoms with E-state index >= 15 is 0 Å². The predicted molar refractivity (Wildman–Crippen MR) is 165 cm³/mol. The lowest BCUT2D eigenvalue weighted by Crippen LogP contribution is -2.32. The summed E-state index contributed by atoms with van der Waals surface area (Å²) in [6.07, 6.45) is 14.7. The maximum atomic E-state index is 12.8. The summed E-state index contributed by atoms with van der Waals surface area (Å²) in [5, 5.41) is 14.6. The van der Waals surface area contributed by atoms with Crippen LogP contribution in [0.25, 0.3) is 11.2 Å². The van der Waals surface area contributed by atoms with E-state index < -0.39 is 17.3 Å². The Kier molecular flexibility index (Phi) is 8.12. The highest BCUT2D eigenvalue weighted by Crippen LogP contribution is 2.44. The van der Waals surface area contributed by atoms with Crippen molar-refractivity contribution in [2.45, 2.75) is 70.9 Å². The van der Waals surface area contributed by atoms with Crippen LogP contribution < -0.4 is 21.6 Å². The number of carboxylic acid groups (broad SMARTS) is 1. The number of rotatable bonds is 12. The molecular weight excluding hydrogens is 584 g/mol. The minimum absolute atomic E-state index is 0.0795. The number of nitrogens with zero attached hydrogens (tertiary/aromatic N) is 5. The molecule has 44 heavy (non-hydrogen) atoms. The summed E-state index contributed by atoms with van der Waals surface area (Å²) in [4.78, 5) is 34.4.